The third-order valence-corrected chi connectivity index (χ3v) is 6.28. The molecule has 0 radical (unpaired) electrons. The van der Waals surface area contributed by atoms with Gasteiger partial charge in [0, 0.05) is 52.9 Å². The van der Waals surface area contributed by atoms with Crippen molar-refractivity contribution in [2.24, 2.45) is 0 Å². The molecule has 32 heavy (non-hydrogen) atoms. The summed E-state index contributed by atoms with van der Waals surface area (Å²) in [5.41, 5.74) is 1.56. The summed E-state index contributed by atoms with van der Waals surface area (Å²) < 4.78 is 5.60. The maximum Gasteiger partial charge on any atom is 0.344 e. The van der Waals surface area contributed by atoms with Gasteiger partial charge in [0.1, 0.15) is 5.75 Å². The molecule has 0 saturated carbocycles. The van der Waals surface area contributed by atoms with Crippen LogP contribution in [0.4, 0.5) is 0 Å². The summed E-state index contributed by atoms with van der Waals surface area (Å²) in [6.45, 7) is 5.95. The van der Waals surface area contributed by atoms with Gasteiger partial charge in [0.25, 0.3) is 0 Å². The van der Waals surface area contributed by atoms with E-state index in [1.165, 1.54) is 6.92 Å². The number of carboxylic acid groups (broad SMARTS) is 1. The van der Waals surface area contributed by atoms with Crippen molar-refractivity contribution in [3.8, 4) is 5.75 Å². The molecule has 1 aliphatic heterocycles. The number of benzene rings is 2. The first kappa shape index (κ1) is 24.6. The van der Waals surface area contributed by atoms with Gasteiger partial charge in [-0.1, -0.05) is 40.9 Å². The van der Waals surface area contributed by atoms with E-state index in [9.17, 15) is 9.59 Å². The van der Waals surface area contributed by atoms with Crippen LogP contribution >= 0.6 is 34.8 Å². The summed E-state index contributed by atoms with van der Waals surface area (Å²) in [5.74, 6) is -0.524. The van der Waals surface area contributed by atoms with Crippen molar-refractivity contribution in [3.63, 3.8) is 0 Å². The molecule has 1 heterocycles. The third kappa shape index (κ3) is 6.29. The number of rotatable bonds is 7. The number of carbonyl (C=O) groups excluding carboxylic acids is 1. The van der Waals surface area contributed by atoms with E-state index in [0.29, 0.717) is 47.0 Å². The fourth-order valence-corrected chi connectivity index (χ4v) is 4.42. The Morgan fingerprint density at radius 3 is 2.44 bits per heavy atom. The summed E-state index contributed by atoms with van der Waals surface area (Å²) in [6, 6.07) is 10.3. The molecule has 3 rings (SSSR count). The zero-order chi connectivity index (χ0) is 23.4. The third-order valence-electron chi connectivity index (χ3n) is 5.46. The van der Waals surface area contributed by atoms with Crippen molar-refractivity contribution in [2.75, 3.05) is 19.6 Å². The lowest BCUT2D eigenvalue weighted by molar-refractivity contribution is -0.144. The SMILES string of the molecule is C[C@H](Oc1ccc(Cl)cc1CN1CCN(C(=O)Cc2ccc(Cl)cc2Cl)[C@@H](C)C1)C(=O)O. The average Bonchev–Trinajstić information content (AvgIpc) is 2.72. The number of nitrogens with zero attached hydrogens (tertiary/aromatic N) is 2. The first-order valence-corrected chi connectivity index (χ1v) is 11.4. The van der Waals surface area contributed by atoms with E-state index in [-0.39, 0.29) is 18.4 Å². The van der Waals surface area contributed by atoms with E-state index in [4.69, 9.17) is 44.6 Å². The number of aliphatic carboxylic acids is 1. The van der Waals surface area contributed by atoms with Crippen LogP contribution in [0.15, 0.2) is 36.4 Å². The molecule has 1 N–H and O–H groups in total. The van der Waals surface area contributed by atoms with Gasteiger partial charge in [0.2, 0.25) is 5.91 Å². The molecule has 0 unspecified atom stereocenters. The van der Waals surface area contributed by atoms with Crippen LogP contribution in [0.2, 0.25) is 15.1 Å². The zero-order valence-electron chi connectivity index (χ0n) is 17.9. The van der Waals surface area contributed by atoms with E-state index in [0.717, 1.165) is 11.1 Å². The number of halogens is 3. The van der Waals surface area contributed by atoms with E-state index >= 15 is 0 Å². The smallest absolute Gasteiger partial charge is 0.344 e. The van der Waals surface area contributed by atoms with E-state index in [2.05, 4.69) is 4.90 Å². The Hall–Kier alpha value is -1.99. The molecule has 0 spiro atoms. The molecule has 9 heteroatoms. The topological polar surface area (TPSA) is 70.1 Å². The molecule has 1 amide bonds. The van der Waals surface area contributed by atoms with Crippen molar-refractivity contribution in [1.29, 1.82) is 0 Å². The predicted octanol–water partition coefficient (Wildman–Crippen LogP) is 4.77. The van der Waals surface area contributed by atoms with E-state index in [1.807, 2.05) is 11.8 Å². The van der Waals surface area contributed by atoms with Crippen molar-refractivity contribution < 1.29 is 19.4 Å². The highest BCUT2D eigenvalue weighted by Crippen LogP contribution is 2.27. The van der Waals surface area contributed by atoms with Crippen LogP contribution in [0.1, 0.15) is 25.0 Å². The Bertz CT molecular complexity index is 1000. The first-order chi connectivity index (χ1) is 15.1. The number of ether oxygens (including phenoxy) is 1. The number of piperazine rings is 1. The highest BCUT2D eigenvalue weighted by molar-refractivity contribution is 6.35. The summed E-state index contributed by atoms with van der Waals surface area (Å²) in [4.78, 5) is 28.1. The van der Waals surface area contributed by atoms with Gasteiger partial charge < -0.3 is 14.7 Å². The number of hydrogen-bond donors (Lipinski definition) is 1. The number of carbonyl (C=O) groups is 2. The predicted molar refractivity (Wildman–Crippen MR) is 126 cm³/mol. The number of hydrogen-bond acceptors (Lipinski definition) is 4. The Balaban J connectivity index is 1.64. The van der Waals surface area contributed by atoms with Crippen LogP contribution in [-0.2, 0) is 22.6 Å². The van der Waals surface area contributed by atoms with Crippen LogP contribution in [0.3, 0.4) is 0 Å². The lowest BCUT2D eigenvalue weighted by Crippen LogP contribution is -2.54. The molecule has 6 nitrogen and oxygen atoms in total. The van der Waals surface area contributed by atoms with Crippen LogP contribution < -0.4 is 4.74 Å². The van der Waals surface area contributed by atoms with E-state index in [1.54, 1.807) is 36.4 Å². The van der Waals surface area contributed by atoms with Gasteiger partial charge in [0.15, 0.2) is 6.10 Å². The summed E-state index contributed by atoms with van der Waals surface area (Å²) in [7, 11) is 0. The highest BCUT2D eigenvalue weighted by atomic mass is 35.5. The fraction of sp³-hybridized carbons (Fsp3) is 0.391. The molecule has 1 saturated heterocycles. The van der Waals surface area contributed by atoms with E-state index < -0.39 is 12.1 Å². The summed E-state index contributed by atoms with van der Waals surface area (Å²) >= 11 is 18.3. The maximum absolute atomic E-state index is 12.9. The average molecular weight is 500 g/mol. The van der Waals surface area contributed by atoms with Gasteiger partial charge in [-0.05, 0) is 49.7 Å². The minimum atomic E-state index is -1.03. The van der Waals surface area contributed by atoms with Crippen molar-refractivity contribution in [3.05, 3.63) is 62.6 Å². The van der Waals surface area contributed by atoms with Gasteiger partial charge in [-0.15, -0.1) is 0 Å². The second-order valence-electron chi connectivity index (χ2n) is 7.93. The minimum absolute atomic E-state index is 0.00354. The molecule has 172 valence electrons. The Labute approximate surface area is 202 Å². The Morgan fingerprint density at radius 2 is 1.78 bits per heavy atom. The van der Waals surface area contributed by atoms with Crippen molar-refractivity contribution >= 4 is 46.7 Å². The molecule has 2 aromatic rings. The second-order valence-corrected chi connectivity index (χ2v) is 9.21. The van der Waals surface area contributed by atoms with Crippen LogP contribution in [0.5, 0.6) is 5.75 Å². The standard InChI is InChI=1S/C23H25Cl3N2O4/c1-14-12-27(13-17-9-18(24)5-6-21(17)32-15(2)23(30)31)7-8-28(14)22(29)10-16-3-4-19(25)11-20(16)26/h3-6,9,11,14-15H,7-8,10,12-13H2,1-2H3,(H,30,31)/t14-,15-/m0/s1. The normalized spacial score (nSPS) is 17.8. The Kier molecular flexibility index (Phi) is 8.28. The number of carboxylic acids is 1. The number of amides is 1. The summed E-state index contributed by atoms with van der Waals surface area (Å²) in [6.07, 6.45) is -0.748. The molecular formula is C23H25Cl3N2O4. The monoisotopic (exact) mass is 498 g/mol. The van der Waals surface area contributed by atoms with Gasteiger partial charge in [-0.3, -0.25) is 9.69 Å². The highest BCUT2D eigenvalue weighted by Gasteiger charge is 2.28. The molecule has 2 atom stereocenters. The summed E-state index contributed by atoms with van der Waals surface area (Å²) in [5, 5.41) is 10.7. The van der Waals surface area contributed by atoms with Crippen molar-refractivity contribution in [1.82, 2.24) is 9.80 Å². The lowest BCUT2D eigenvalue weighted by atomic mass is 10.1. The molecule has 0 aliphatic carbocycles. The van der Waals surface area contributed by atoms with Crippen LogP contribution in [-0.4, -0.2) is 58.6 Å². The molecular weight excluding hydrogens is 475 g/mol. The largest absolute Gasteiger partial charge is 0.479 e. The Morgan fingerprint density at radius 1 is 1.09 bits per heavy atom. The molecule has 1 aliphatic rings. The second kappa shape index (κ2) is 10.8. The van der Waals surface area contributed by atoms with Gasteiger partial charge in [-0.2, -0.15) is 0 Å². The zero-order valence-corrected chi connectivity index (χ0v) is 20.1. The quantitative estimate of drug-likeness (QED) is 0.594. The van der Waals surface area contributed by atoms with Gasteiger partial charge in [0.05, 0.1) is 6.42 Å². The maximum atomic E-state index is 12.9. The van der Waals surface area contributed by atoms with Crippen LogP contribution in [0.25, 0.3) is 0 Å². The van der Waals surface area contributed by atoms with Crippen LogP contribution in [0, 0.1) is 0 Å². The van der Waals surface area contributed by atoms with Gasteiger partial charge in [-0.25, -0.2) is 4.79 Å². The molecule has 1 fully saturated rings. The molecule has 0 bridgehead atoms. The van der Waals surface area contributed by atoms with Gasteiger partial charge >= 0.3 is 5.97 Å². The minimum Gasteiger partial charge on any atom is -0.479 e. The molecule has 0 aromatic heterocycles. The first-order valence-electron chi connectivity index (χ1n) is 10.3. The van der Waals surface area contributed by atoms with Crippen molar-refractivity contribution in [2.45, 2.75) is 39.0 Å². The lowest BCUT2D eigenvalue weighted by Gasteiger charge is -2.40. The fourth-order valence-electron chi connectivity index (χ4n) is 3.75. The molecule has 2 aromatic carbocycles.